The first kappa shape index (κ1) is 27.7. The van der Waals surface area contributed by atoms with Crippen molar-refractivity contribution in [2.24, 2.45) is 0 Å². The molecule has 1 amide bonds. The van der Waals surface area contributed by atoms with Gasteiger partial charge in [-0.25, -0.2) is 4.68 Å². The van der Waals surface area contributed by atoms with Crippen molar-refractivity contribution in [1.82, 2.24) is 20.4 Å². The molecule has 0 radical (unpaired) electrons. The van der Waals surface area contributed by atoms with Gasteiger partial charge in [-0.05, 0) is 93.0 Å². The topological polar surface area (TPSA) is 79.2 Å². The largest absolute Gasteiger partial charge is 0.508 e. The Bertz CT molecular complexity index is 1520. The third-order valence-electron chi connectivity index (χ3n) is 7.53. The fourth-order valence-electron chi connectivity index (χ4n) is 5.22. The van der Waals surface area contributed by atoms with Crippen LogP contribution < -0.4 is 10.6 Å². The number of benzene rings is 2. The second kappa shape index (κ2) is 11.2. The monoisotopic (exact) mass is 522 g/mol. The minimum atomic E-state index is -0.251. The van der Waals surface area contributed by atoms with Crippen LogP contribution in [-0.2, 0) is 17.8 Å². The van der Waals surface area contributed by atoms with Crippen molar-refractivity contribution >= 4 is 17.4 Å². The van der Waals surface area contributed by atoms with E-state index in [2.05, 4.69) is 61.4 Å². The zero-order valence-electron chi connectivity index (χ0n) is 23.6. The van der Waals surface area contributed by atoms with Gasteiger partial charge in [-0.2, -0.15) is 5.10 Å². The van der Waals surface area contributed by atoms with Crippen LogP contribution in [0.3, 0.4) is 0 Å². The standard InChI is InChI=1S/C33H38N4O2/c1-19-9-10-27(15-20(19)2)18-34-33(39)21(3)16-32(37-23(5)17-22(4)36-37)25(7)35-31-14-13-29-24(6)28(26(8)38)11-12-30(29)31/h9-12,15-17,31,35,38H,3,7-8,13-14,18H2,1-2,4-6H3,(H,34,39)/b32-16-. The lowest BCUT2D eigenvalue weighted by Crippen LogP contribution is -2.25. The number of nitrogens with one attached hydrogen (secondary N) is 2. The number of aromatic nitrogens is 2. The summed E-state index contributed by atoms with van der Waals surface area (Å²) in [6.07, 6.45) is 3.52. The average Bonchev–Trinajstić information content (AvgIpc) is 3.44. The third-order valence-corrected chi connectivity index (χ3v) is 7.53. The Morgan fingerprint density at radius 1 is 1.08 bits per heavy atom. The summed E-state index contributed by atoms with van der Waals surface area (Å²) < 4.78 is 1.80. The summed E-state index contributed by atoms with van der Waals surface area (Å²) in [5, 5.41) is 21.2. The van der Waals surface area contributed by atoms with Crippen LogP contribution >= 0.6 is 0 Å². The van der Waals surface area contributed by atoms with Crippen molar-refractivity contribution in [3.05, 3.63) is 124 Å². The number of rotatable bonds is 9. The van der Waals surface area contributed by atoms with E-state index < -0.39 is 0 Å². The van der Waals surface area contributed by atoms with Gasteiger partial charge in [0, 0.05) is 23.4 Å². The van der Waals surface area contributed by atoms with Crippen LogP contribution in [0, 0.1) is 34.6 Å². The summed E-state index contributed by atoms with van der Waals surface area (Å²) in [6, 6.07) is 12.2. The minimum Gasteiger partial charge on any atom is -0.508 e. The van der Waals surface area contributed by atoms with E-state index in [0.29, 0.717) is 23.5 Å². The molecule has 2 aromatic carbocycles. The average molecular weight is 523 g/mol. The molecule has 3 N–H and O–H groups in total. The second-order valence-corrected chi connectivity index (χ2v) is 10.5. The molecule has 0 spiro atoms. The van der Waals surface area contributed by atoms with Gasteiger partial charge < -0.3 is 15.7 Å². The van der Waals surface area contributed by atoms with Crippen LogP contribution in [0.15, 0.2) is 73.5 Å². The number of allylic oxidation sites excluding steroid dienone is 1. The minimum absolute atomic E-state index is 0.0412. The number of amides is 1. The summed E-state index contributed by atoms with van der Waals surface area (Å²) >= 11 is 0. The second-order valence-electron chi connectivity index (χ2n) is 10.5. The van der Waals surface area contributed by atoms with Crippen LogP contribution in [0.2, 0.25) is 0 Å². The summed E-state index contributed by atoms with van der Waals surface area (Å²) in [7, 11) is 0. The van der Waals surface area contributed by atoms with Gasteiger partial charge in [0.2, 0.25) is 0 Å². The third kappa shape index (κ3) is 5.90. The molecule has 4 rings (SSSR count). The number of carbonyl (C=O) groups is 1. The van der Waals surface area contributed by atoms with Gasteiger partial charge in [-0.3, -0.25) is 4.79 Å². The van der Waals surface area contributed by atoms with E-state index in [1.807, 2.05) is 45.0 Å². The normalized spacial score (nSPS) is 14.6. The number of fused-ring (bicyclic) bond motifs is 1. The number of aliphatic hydroxyl groups is 1. The predicted octanol–water partition coefficient (Wildman–Crippen LogP) is 6.46. The maximum Gasteiger partial charge on any atom is 0.251 e. The van der Waals surface area contributed by atoms with Gasteiger partial charge in [0.05, 0.1) is 23.1 Å². The first-order valence-corrected chi connectivity index (χ1v) is 13.2. The molecule has 0 bridgehead atoms. The smallest absolute Gasteiger partial charge is 0.251 e. The molecule has 0 saturated heterocycles. The predicted molar refractivity (Wildman–Crippen MR) is 159 cm³/mol. The number of hydrogen-bond donors (Lipinski definition) is 3. The van der Waals surface area contributed by atoms with E-state index in [0.717, 1.165) is 40.9 Å². The number of nitrogens with zero attached hydrogens (tertiary/aromatic N) is 2. The summed E-state index contributed by atoms with van der Waals surface area (Å²) in [5.41, 5.74) is 11.1. The summed E-state index contributed by atoms with van der Waals surface area (Å²) in [4.78, 5) is 13.0. The quantitative estimate of drug-likeness (QED) is 0.171. The molecule has 0 fully saturated rings. The molecule has 1 unspecified atom stereocenters. The highest BCUT2D eigenvalue weighted by atomic mass is 16.3. The molecule has 39 heavy (non-hydrogen) atoms. The van der Waals surface area contributed by atoms with E-state index in [1.165, 1.54) is 22.3 Å². The molecule has 0 saturated carbocycles. The molecule has 1 aromatic heterocycles. The van der Waals surface area contributed by atoms with Crippen LogP contribution in [-0.4, -0.2) is 20.8 Å². The fraction of sp³-hybridized carbons (Fsp3) is 0.273. The van der Waals surface area contributed by atoms with Crippen LogP contribution in [0.4, 0.5) is 0 Å². The zero-order chi connectivity index (χ0) is 28.4. The fourth-order valence-corrected chi connectivity index (χ4v) is 5.22. The molecule has 1 heterocycles. The Balaban J connectivity index is 1.56. The Hall–Kier alpha value is -4.32. The molecule has 1 aliphatic carbocycles. The lowest BCUT2D eigenvalue weighted by atomic mass is 9.97. The summed E-state index contributed by atoms with van der Waals surface area (Å²) in [6.45, 7) is 22.6. The molecule has 202 valence electrons. The van der Waals surface area contributed by atoms with Crippen molar-refractivity contribution in [2.75, 3.05) is 0 Å². The molecule has 3 aromatic rings. The van der Waals surface area contributed by atoms with Gasteiger partial charge in [-0.1, -0.05) is 50.1 Å². The van der Waals surface area contributed by atoms with E-state index in [9.17, 15) is 9.90 Å². The Labute approximate surface area is 231 Å². The van der Waals surface area contributed by atoms with Crippen molar-refractivity contribution in [3.8, 4) is 0 Å². The molecule has 1 aliphatic rings. The Morgan fingerprint density at radius 2 is 1.82 bits per heavy atom. The van der Waals surface area contributed by atoms with Gasteiger partial charge >= 0.3 is 0 Å². The molecule has 6 heteroatoms. The molecule has 0 aliphatic heterocycles. The maximum atomic E-state index is 13.0. The van der Waals surface area contributed by atoms with Crippen molar-refractivity contribution < 1.29 is 9.90 Å². The maximum absolute atomic E-state index is 13.0. The van der Waals surface area contributed by atoms with Gasteiger partial charge in [0.25, 0.3) is 5.91 Å². The highest BCUT2D eigenvalue weighted by molar-refractivity contribution is 5.97. The van der Waals surface area contributed by atoms with Gasteiger partial charge in [-0.15, -0.1) is 0 Å². The van der Waals surface area contributed by atoms with Crippen LogP contribution in [0.25, 0.3) is 11.5 Å². The molecule has 1 atom stereocenters. The Morgan fingerprint density at radius 3 is 2.46 bits per heavy atom. The van der Waals surface area contributed by atoms with Crippen LogP contribution in [0.5, 0.6) is 0 Å². The number of aliphatic hydroxyl groups excluding tert-OH is 1. The summed E-state index contributed by atoms with van der Waals surface area (Å²) in [5.74, 6) is -0.168. The van der Waals surface area contributed by atoms with E-state index in [-0.39, 0.29) is 17.7 Å². The van der Waals surface area contributed by atoms with E-state index in [4.69, 9.17) is 0 Å². The van der Waals surface area contributed by atoms with Gasteiger partial charge in [0.15, 0.2) is 0 Å². The molecular weight excluding hydrogens is 484 g/mol. The number of hydrogen-bond acceptors (Lipinski definition) is 4. The van der Waals surface area contributed by atoms with E-state index >= 15 is 0 Å². The Kier molecular flexibility index (Phi) is 7.95. The highest BCUT2D eigenvalue weighted by Gasteiger charge is 2.26. The van der Waals surface area contributed by atoms with Crippen molar-refractivity contribution in [3.63, 3.8) is 0 Å². The van der Waals surface area contributed by atoms with Crippen molar-refractivity contribution in [2.45, 2.75) is 60.0 Å². The molecule has 6 nitrogen and oxygen atoms in total. The number of aryl methyl sites for hydroxylation is 4. The van der Waals surface area contributed by atoms with Crippen LogP contribution in [0.1, 0.15) is 62.8 Å². The lowest BCUT2D eigenvalue weighted by molar-refractivity contribution is -0.117. The van der Waals surface area contributed by atoms with Gasteiger partial charge in [0.1, 0.15) is 5.76 Å². The lowest BCUT2D eigenvalue weighted by Gasteiger charge is -2.21. The zero-order valence-corrected chi connectivity index (χ0v) is 23.6. The first-order valence-electron chi connectivity index (χ1n) is 13.2. The van der Waals surface area contributed by atoms with E-state index in [1.54, 1.807) is 10.8 Å². The highest BCUT2D eigenvalue weighted by Crippen LogP contribution is 2.37. The molecular formula is C33H38N4O2. The SMILES string of the molecule is C=C(/C=C(/C(=C)NC1CCc2c1ccc(C(=C)O)c2C)n1nc(C)cc1C)C(=O)NCc1ccc(C)c(C)c1. The first-order chi connectivity index (χ1) is 18.5. The van der Waals surface area contributed by atoms with Crippen molar-refractivity contribution in [1.29, 1.82) is 0 Å². The number of carbonyl (C=O) groups excluding carboxylic acids is 1.